The molecule has 0 unspecified atom stereocenters. The molecule has 110 valence electrons. The van der Waals surface area contributed by atoms with Crippen LogP contribution in [0.15, 0.2) is 41.0 Å². The van der Waals surface area contributed by atoms with Crippen LogP contribution in [0.5, 0.6) is 0 Å². The Labute approximate surface area is 130 Å². The number of pyridine rings is 1. The molecule has 0 aliphatic carbocycles. The molecule has 7 heteroatoms. The van der Waals surface area contributed by atoms with Crippen molar-refractivity contribution in [1.29, 1.82) is 0 Å². The molecule has 0 aliphatic heterocycles. The normalized spacial score (nSPS) is 10.4. The van der Waals surface area contributed by atoms with Gasteiger partial charge in [-0.3, -0.25) is 10.1 Å². The van der Waals surface area contributed by atoms with E-state index in [0.717, 1.165) is 11.1 Å². The van der Waals surface area contributed by atoms with Crippen molar-refractivity contribution in [2.24, 2.45) is 0 Å². The molecule has 0 aliphatic rings. The van der Waals surface area contributed by atoms with Gasteiger partial charge in [0.25, 0.3) is 0 Å². The third-order valence-electron chi connectivity index (χ3n) is 2.94. The van der Waals surface area contributed by atoms with Crippen LogP contribution >= 0.6 is 15.9 Å². The van der Waals surface area contributed by atoms with Crippen molar-refractivity contribution in [2.75, 3.05) is 11.9 Å². The first-order valence-corrected chi connectivity index (χ1v) is 7.12. The molecule has 2 N–H and O–H groups in total. The van der Waals surface area contributed by atoms with E-state index in [1.54, 1.807) is 0 Å². The zero-order chi connectivity index (χ0) is 15.2. The Morgan fingerprint density at radius 1 is 1.29 bits per heavy atom. The van der Waals surface area contributed by atoms with Crippen LogP contribution in [0, 0.1) is 10.1 Å². The van der Waals surface area contributed by atoms with Crippen LogP contribution in [0.2, 0.25) is 0 Å². The highest BCUT2D eigenvalue weighted by Gasteiger charge is 2.15. The quantitative estimate of drug-likeness (QED) is 0.617. The smallest absolute Gasteiger partial charge is 0.312 e. The summed E-state index contributed by atoms with van der Waals surface area (Å²) in [7, 11) is 0. The Bertz CT molecular complexity index is 632. The predicted molar refractivity (Wildman–Crippen MR) is 83.1 cm³/mol. The second kappa shape index (κ2) is 7.14. The van der Waals surface area contributed by atoms with Gasteiger partial charge in [-0.15, -0.1) is 0 Å². The predicted octanol–water partition coefficient (Wildman–Crippen LogP) is 2.90. The maximum atomic E-state index is 11.0. The minimum atomic E-state index is -0.462. The number of nitro groups is 1. The van der Waals surface area contributed by atoms with E-state index in [9.17, 15) is 10.1 Å². The molecule has 1 aromatic heterocycles. The molecule has 21 heavy (non-hydrogen) atoms. The fraction of sp³-hybridized carbons (Fsp3) is 0.214. The second-order valence-corrected chi connectivity index (χ2v) is 5.35. The van der Waals surface area contributed by atoms with Gasteiger partial charge in [0.1, 0.15) is 0 Å². The molecular formula is C14H14BrN3O3. The highest BCUT2D eigenvalue weighted by molar-refractivity contribution is 9.10. The Kier molecular flexibility index (Phi) is 5.24. The molecule has 2 aromatic rings. The van der Waals surface area contributed by atoms with Gasteiger partial charge >= 0.3 is 5.69 Å². The molecule has 0 saturated carbocycles. The fourth-order valence-electron chi connectivity index (χ4n) is 1.84. The van der Waals surface area contributed by atoms with Crippen molar-refractivity contribution in [3.8, 4) is 0 Å². The summed E-state index contributed by atoms with van der Waals surface area (Å²) < 4.78 is 0.569. The minimum absolute atomic E-state index is 0.0214. The SMILES string of the molecule is O=[N+]([O-])c1cc(Br)cnc1NCCc1ccc(CO)cc1. The zero-order valence-corrected chi connectivity index (χ0v) is 12.7. The molecule has 0 radical (unpaired) electrons. The number of nitrogens with zero attached hydrogens (tertiary/aromatic N) is 2. The van der Waals surface area contributed by atoms with E-state index >= 15 is 0 Å². The molecular weight excluding hydrogens is 338 g/mol. The monoisotopic (exact) mass is 351 g/mol. The number of aromatic nitrogens is 1. The maximum absolute atomic E-state index is 11.0. The van der Waals surface area contributed by atoms with Gasteiger partial charge in [0, 0.05) is 23.3 Å². The second-order valence-electron chi connectivity index (χ2n) is 4.43. The molecule has 0 spiro atoms. The lowest BCUT2D eigenvalue weighted by molar-refractivity contribution is -0.384. The molecule has 1 heterocycles. The van der Waals surface area contributed by atoms with Crippen LogP contribution in [0.1, 0.15) is 11.1 Å². The van der Waals surface area contributed by atoms with E-state index in [1.807, 2.05) is 24.3 Å². The molecule has 0 fully saturated rings. The van der Waals surface area contributed by atoms with Gasteiger partial charge in [-0.1, -0.05) is 24.3 Å². The highest BCUT2D eigenvalue weighted by Crippen LogP contribution is 2.25. The number of aliphatic hydroxyl groups excluding tert-OH is 1. The summed E-state index contributed by atoms with van der Waals surface area (Å²) in [6, 6.07) is 8.99. The number of hydrogen-bond donors (Lipinski definition) is 2. The summed E-state index contributed by atoms with van der Waals surface area (Å²) in [5.74, 6) is 0.259. The molecule has 2 rings (SSSR count). The van der Waals surface area contributed by atoms with Crippen molar-refractivity contribution < 1.29 is 10.0 Å². The lowest BCUT2D eigenvalue weighted by Crippen LogP contribution is -2.08. The van der Waals surface area contributed by atoms with Gasteiger partial charge in [0.15, 0.2) is 0 Å². The number of benzene rings is 1. The molecule has 0 amide bonds. The topological polar surface area (TPSA) is 88.3 Å². The molecule has 6 nitrogen and oxygen atoms in total. The number of halogens is 1. The van der Waals surface area contributed by atoms with Crippen molar-refractivity contribution >= 4 is 27.4 Å². The number of anilines is 1. The van der Waals surface area contributed by atoms with Gasteiger partial charge in [-0.25, -0.2) is 4.98 Å². The Hall–Kier alpha value is -1.99. The van der Waals surface area contributed by atoms with Crippen LogP contribution in [0.3, 0.4) is 0 Å². The number of rotatable bonds is 6. The van der Waals surface area contributed by atoms with Crippen LogP contribution in [-0.2, 0) is 13.0 Å². The summed E-state index contributed by atoms with van der Waals surface area (Å²) in [5, 5.41) is 22.9. The summed E-state index contributed by atoms with van der Waals surface area (Å²) in [6.45, 7) is 0.557. The van der Waals surface area contributed by atoms with Gasteiger partial charge in [0.2, 0.25) is 5.82 Å². The van der Waals surface area contributed by atoms with Crippen LogP contribution in [0.4, 0.5) is 11.5 Å². The Morgan fingerprint density at radius 3 is 2.57 bits per heavy atom. The first kappa shape index (κ1) is 15.4. The summed E-state index contributed by atoms with van der Waals surface area (Å²) in [6.07, 6.45) is 2.23. The molecule has 0 saturated heterocycles. The summed E-state index contributed by atoms with van der Waals surface area (Å²) in [5.41, 5.74) is 1.89. The third-order valence-corrected chi connectivity index (χ3v) is 3.38. The van der Waals surface area contributed by atoms with Crippen LogP contribution in [-0.4, -0.2) is 21.6 Å². The summed E-state index contributed by atoms with van der Waals surface area (Å²) in [4.78, 5) is 14.5. The first-order chi connectivity index (χ1) is 10.1. The van der Waals surface area contributed by atoms with Gasteiger partial charge < -0.3 is 10.4 Å². The van der Waals surface area contributed by atoms with Crippen molar-refractivity contribution in [3.05, 3.63) is 62.2 Å². The van der Waals surface area contributed by atoms with Crippen molar-refractivity contribution in [1.82, 2.24) is 4.98 Å². The Morgan fingerprint density at radius 2 is 1.95 bits per heavy atom. The van der Waals surface area contributed by atoms with Gasteiger partial charge in [-0.2, -0.15) is 0 Å². The van der Waals surface area contributed by atoms with Gasteiger partial charge in [-0.05, 0) is 33.5 Å². The largest absolute Gasteiger partial charge is 0.392 e. The number of hydrogen-bond acceptors (Lipinski definition) is 5. The average molecular weight is 352 g/mol. The van der Waals surface area contributed by atoms with Crippen LogP contribution in [0.25, 0.3) is 0 Å². The maximum Gasteiger partial charge on any atom is 0.312 e. The molecule has 0 atom stereocenters. The van der Waals surface area contributed by atoms with Crippen molar-refractivity contribution in [2.45, 2.75) is 13.0 Å². The number of aliphatic hydroxyl groups is 1. The molecule has 1 aromatic carbocycles. The lowest BCUT2D eigenvalue weighted by atomic mass is 10.1. The highest BCUT2D eigenvalue weighted by atomic mass is 79.9. The zero-order valence-electron chi connectivity index (χ0n) is 11.1. The van der Waals surface area contributed by atoms with E-state index in [4.69, 9.17) is 5.11 Å². The average Bonchev–Trinajstić information content (AvgIpc) is 2.49. The first-order valence-electron chi connectivity index (χ1n) is 6.32. The standard InChI is InChI=1S/C14H14BrN3O3/c15-12-7-13(18(20)21)14(17-8-12)16-6-5-10-1-3-11(9-19)4-2-10/h1-4,7-8,19H,5-6,9H2,(H,16,17). The summed E-state index contributed by atoms with van der Waals surface area (Å²) >= 11 is 3.17. The van der Waals surface area contributed by atoms with Crippen molar-refractivity contribution in [3.63, 3.8) is 0 Å². The van der Waals surface area contributed by atoms with E-state index < -0.39 is 4.92 Å². The number of nitrogens with one attached hydrogen (secondary N) is 1. The van der Waals surface area contributed by atoms with Gasteiger partial charge in [0.05, 0.1) is 11.5 Å². The fourth-order valence-corrected chi connectivity index (χ4v) is 2.16. The van der Waals surface area contributed by atoms with E-state index in [1.165, 1.54) is 12.3 Å². The third kappa shape index (κ3) is 4.24. The lowest BCUT2D eigenvalue weighted by Gasteiger charge is -2.07. The van der Waals surface area contributed by atoms with E-state index in [2.05, 4.69) is 26.2 Å². The molecule has 0 bridgehead atoms. The van der Waals surface area contributed by atoms with Crippen LogP contribution < -0.4 is 5.32 Å². The minimum Gasteiger partial charge on any atom is -0.392 e. The van der Waals surface area contributed by atoms with E-state index in [-0.39, 0.29) is 18.1 Å². The van der Waals surface area contributed by atoms with E-state index in [0.29, 0.717) is 17.4 Å². The Balaban J connectivity index is 1.98.